The molecule has 2 amide bonds. The lowest BCUT2D eigenvalue weighted by atomic mass is 9.46. The van der Waals surface area contributed by atoms with E-state index in [4.69, 9.17) is 0 Å². The minimum Gasteiger partial charge on any atom is -0.274 e. The number of nitrogens with zero attached hydrogens (tertiary/aromatic N) is 2. The van der Waals surface area contributed by atoms with E-state index in [1.165, 1.54) is 12.1 Å². The second kappa shape index (κ2) is 6.61. The summed E-state index contributed by atoms with van der Waals surface area (Å²) < 4.78 is 0. The first-order valence-corrected chi connectivity index (χ1v) is 11.2. The molecule has 3 aliphatic carbocycles. The predicted molar refractivity (Wildman–Crippen MR) is 123 cm³/mol. The summed E-state index contributed by atoms with van der Waals surface area (Å²) in [5.74, 6) is -2.10. The number of carbonyl (C=O) groups is 2. The predicted octanol–water partition coefficient (Wildman–Crippen LogP) is 4.86. The molecule has 33 heavy (non-hydrogen) atoms. The number of carbonyl (C=O) groups excluding carboxylic acids is 2. The maximum absolute atomic E-state index is 14.1. The molecule has 1 aliphatic heterocycles. The molecule has 2 bridgehead atoms. The Balaban J connectivity index is 1.63. The summed E-state index contributed by atoms with van der Waals surface area (Å²) in [6.45, 7) is 3.81. The minimum absolute atomic E-state index is 0.0637. The number of benzene rings is 3. The van der Waals surface area contributed by atoms with E-state index in [1.807, 2.05) is 24.3 Å². The van der Waals surface area contributed by atoms with Crippen LogP contribution in [0.25, 0.3) is 0 Å². The second-order valence-corrected chi connectivity index (χ2v) is 9.24. The van der Waals surface area contributed by atoms with Gasteiger partial charge < -0.3 is 0 Å². The molecule has 0 radical (unpaired) electrons. The normalized spacial score (nSPS) is 26.7. The molecule has 1 saturated heterocycles. The van der Waals surface area contributed by atoms with E-state index < -0.39 is 22.2 Å². The molecule has 4 aliphatic rings. The van der Waals surface area contributed by atoms with E-state index >= 15 is 0 Å². The standard InChI is InChI=1S/C27H22N2O4/c1-3-27-18-10-6-4-8-16(18)22(17-9-5-7-11-19(17)27)23-24(27)26(31)28(25(23)30)20-13-12-15(2)14-21(20)29(32)33/h4-14,22-24H,3H2,1-2H3. The fourth-order valence-electron chi connectivity index (χ4n) is 6.74. The van der Waals surface area contributed by atoms with Crippen LogP contribution in [0.1, 0.15) is 47.1 Å². The molecule has 2 atom stereocenters. The van der Waals surface area contributed by atoms with Crippen molar-refractivity contribution < 1.29 is 14.5 Å². The van der Waals surface area contributed by atoms with Crippen LogP contribution in [0.15, 0.2) is 66.7 Å². The zero-order valence-electron chi connectivity index (χ0n) is 18.3. The lowest BCUT2D eigenvalue weighted by Crippen LogP contribution is -2.53. The smallest absolute Gasteiger partial charge is 0.274 e. The number of anilines is 1. The first-order valence-electron chi connectivity index (χ1n) is 11.2. The van der Waals surface area contributed by atoms with Crippen LogP contribution in [0.4, 0.5) is 11.4 Å². The van der Waals surface area contributed by atoms with Crippen molar-refractivity contribution >= 4 is 23.2 Å². The van der Waals surface area contributed by atoms with Gasteiger partial charge in [-0.3, -0.25) is 19.7 Å². The first kappa shape index (κ1) is 19.9. The highest BCUT2D eigenvalue weighted by Gasteiger charge is 2.67. The number of aryl methyl sites for hydroxylation is 1. The van der Waals surface area contributed by atoms with Crippen molar-refractivity contribution in [2.75, 3.05) is 4.90 Å². The molecule has 6 heteroatoms. The summed E-state index contributed by atoms with van der Waals surface area (Å²) in [7, 11) is 0. The topological polar surface area (TPSA) is 80.5 Å². The molecule has 2 unspecified atom stereocenters. The second-order valence-electron chi connectivity index (χ2n) is 9.24. The third-order valence-corrected chi connectivity index (χ3v) is 7.92. The lowest BCUT2D eigenvalue weighted by molar-refractivity contribution is -0.384. The fourth-order valence-corrected chi connectivity index (χ4v) is 6.74. The summed E-state index contributed by atoms with van der Waals surface area (Å²) in [5, 5.41) is 11.8. The molecule has 6 nitrogen and oxygen atoms in total. The van der Waals surface area contributed by atoms with E-state index in [1.54, 1.807) is 13.0 Å². The van der Waals surface area contributed by atoms with Crippen molar-refractivity contribution in [2.45, 2.75) is 31.6 Å². The molecule has 1 heterocycles. The maximum atomic E-state index is 14.1. The van der Waals surface area contributed by atoms with Crippen molar-refractivity contribution in [1.29, 1.82) is 0 Å². The summed E-state index contributed by atoms with van der Waals surface area (Å²) >= 11 is 0. The number of imide groups is 1. The van der Waals surface area contributed by atoms with Crippen LogP contribution in [-0.4, -0.2) is 16.7 Å². The van der Waals surface area contributed by atoms with Gasteiger partial charge in [-0.15, -0.1) is 0 Å². The average molecular weight is 438 g/mol. The molecule has 3 aromatic carbocycles. The van der Waals surface area contributed by atoms with Crippen LogP contribution in [0.2, 0.25) is 0 Å². The Kier molecular flexibility index (Phi) is 3.97. The van der Waals surface area contributed by atoms with Crippen LogP contribution in [0.3, 0.4) is 0 Å². The Morgan fingerprint density at radius 2 is 1.55 bits per heavy atom. The quantitative estimate of drug-likeness (QED) is 0.332. The van der Waals surface area contributed by atoms with Crippen LogP contribution < -0.4 is 4.90 Å². The SMILES string of the molecule is CCC12c3ccccc3C(c3ccccc31)C1C(=O)N(c3ccc(C)cc3[N+](=O)[O-])C(=O)C12. The number of amides is 2. The maximum Gasteiger partial charge on any atom is 0.293 e. The Bertz CT molecular complexity index is 1330. The average Bonchev–Trinajstić information content (AvgIpc) is 3.10. The number of nitro groups is 1. The summed E-state index contributed by atoms with van der Waals surface area (Å²) in [4.78, 5) is 40.4. The Labute approximate surface area is 191 Å². The Morgan fingerprint density at radius 3 is 2.12 bits per heavy atom. The van der Waals surface area contributed by atoms with Gasteiger partial charge >= 0.3 is 0 Å². The van der Waals surface area contributed by atoms with Crippen molar-refractivity contribution in [3.05, 3.63) is 105 Å². The van der Waals surface area contributed by atoms with Gasteiger partial charge in [0.1, 0.15) is 5.69 Å². The van der Waals surface area contributed by atoms with Crippen molar-refractivity contribution in [2.24, 2.45) is 11.8 Å². The van der Waals surface area contributed by atoms with Crippen LogP contribution in [0, 0.1) is 28.9 Å². The number of nitro benzene ring substituents is 1. The lowest BCUT2D eigenvalue weighted by Gasteiger charge is -2.54. The molecule has 0 spiro atoms. The summed E-state index contributed by atoms with van der Waals surface area (Å²) in [5.41, 5.74) is 4.26. The highest BCUT2D eigenvalue weighted by molar-refractivity contribution is 6.24. The van der Waals surface area contributed by atoms with Crippen LogP contribution in [-0.2, 0) is 15.0 Å². The van der Waals surface area contributed by atoms with Gasteiger partial charge in [0.25, 0.3) is 5.69 Å². The van der Waals surface area contributed by atoms with Gasteiger partial charge in [0.2, 0.25) is 11.8 Å². The minimum atomic E-state index is -0.645. The van der Waals surface area contributed by atoms with E-state index in [0.29, 0.717) is 12.0 Å². The zero-order valence-corrected chi connectivity index (χ0v) is 18.3. The van der Waals surface area contributed by atoms with Crippen molar-refractivity contribution in [3.63, 3.8) is 0 Å². The van der Waals surface area contributed by atoms with Gasteiger partial charge in [0.15, 0.2) is 0 Å². The molecule has 7 rings (SSSR count). The molecular weight excluding hydrogens is 416 g/mol. The molecule has 0 aromatic heterocycles. The van der Waals surface area contributed by atoms with Gasteiger partial charge in [-0.25, -0.2) is 4.90 Å². The van der Waals surface area contributed by atoms with E-state index in [9.17, 15) is 19.7 Å². The largest absolute Gasteiger partial charge is 0.293 e. The number of hydrogen-bond acceptors (Lipinski definition) is 4. The highest BCUT2D eigenvalue weighted by Crippen LogP contribution is 2.65. The monoisotopic (exact) mass is 438 g/mol. The van der Waals surface area contributed by atoms with E-state index in [2.05, 4.69) is 31.2 Å². The van der Waals surface area contributed by atoms with Crippen molar-refractivity contribution in [3.8, 4) is 0 Å². The Morgan fingerprint density at radius 1 is 0.939 bits per heavy atom. The van der Waals surface area contributed by atoms with Crippen LogP contribution in [0.5, 0.6) is 0 Å². The zero-order chi connectivity index (χ0) is 23.1. The summed E-state index contributed by atoms with van der Waals surface area (Å²) in [6, 6.07) is 20.9. The van der Waals surface area contributed by atoms with Gasteiger partial charge in [-0.2, -0.15) is 0 Å². The Hall–Kier alpha value is -3.80. The van der Waals surface area contributed by atoms with Crippen LogP contribution >= 0.6 is 0 Å². The van der Waals surface area contributed by atoms with E-state index in [0.717, 1.165) is 27.2 Å². The first-order chi connectivity index (χ1) is 15.9. The van der Waals surface area contributed by atoms with E-state index in [-0.39, 0.29) is 29.1 Å². The molecule has 3 aromatic rings. The molecule has 164 valence electrons. The molecule has 0 N–H and O–H groups in total. The third-order valence-electron chi connectivity index (χ3n) is 7.92. The molecular formula is C27H22N2O4. The fraction of sp³-hybridized carbons (Fsp3) is 0.259. The molecule has 0 saturated carbocycles. The molecule has 1 fully saturated rings. The van der Waals surface area contributed by atoms with Gasteiger partial charge in [-0.1, -0.05) is 61.5 Å². The van der Waals surface area contributed by atoms with Gasteiger partial charge in [0, 0.05) is 17.4 Å². The number of hydrogen-bond donors (Lipinski definition) is 0. The summed E-state index contributed by atoms with van der Waals surface area (Å²) in [6.07, 6.45) is 0.651. The highest BCUT2D eigenvalue weighted by atomic mass is 16.6. The van der Waals surface area contributed by atoms with Gasteiger partial charge in [0.05, 0.1) is 16.8 Å². The van der Waals surface area contributed by atoms with Crippen molar-refractivity contribution in [1.82, 2.24) is 0 Å². The third kappa shape index (κ3) is 2.28. The van der Waals surface area contributed by atoms with Gasteiger partial charge in [-0.05, 0) is 47.2 Å². The number of rotatable bonds is 3.